The third kappa shape index (κ3) is 2.91. The van der Waals surface area contributed by atoms with Crippen LogP contribution in [0.2, 0.25) is 0 Å². The van der Waals surface area contributed by atoms with Gasteiger partial charge in [0.25, 0.3) is 5.91 Å². The number of aryl methyl sites for hydroxylation is 1. The molecule has 0 fully saturated rings. The summed E-state index contributed by atoms with van der Waals surface area (Å²) in [6.07, 6.45) is 0. The van der Waals surface area contributed by atoms with E-state index < -0.39 is 0 Å². The maximum absolute atomic E-state index is 12.2. The number of nitrogens with one attached hydrogen (secondary N) is 1. The van der Waals surface area contributed by atoms with Crippen molar-refractivity contribution in [3.63, 3.8) is 0 Å². The number of rotatable bonds is 2. The van der Waals surface area contributed by atoms with E-state index in [1.165, 1.54) is 0 Å². The van der Waals surface area contributed by atoms with Gasteiger partial charge in [-0.05, 0) is 59.3 Å². The molecule has 1 aromatic heterocycles. The van der Waals surface area contributed by atoms with E-state index in [1.807, 2.05) is 25.1 Å². The standard InChI is InChI=1S/C15H12BrN3OS/c1-8-18-13-5-3-10(7-14(13)21-8)19-15(20)9-2-4-12(17)11(16)6-9/h2-7H,17H2,1H3,(H,19,20). The van der Waals surface area contributed by atoms with Crippen LogP contribution in [-0.4, -0.2) is 10.9 Å². The van der Waals surface area contributed by atoms with Crippen LogP contribution in [0.25, 0.3) is 10.2 Å². The predicted octanol–water partition coefficient (Wildman–Crippen LogP) is 4.20. The third-order valence-electron chi connectivity index (χ3n) is 3.02. The first-order valence-corrected chi connectivity index (χ1v) is 7.87. The van der Waals surface area contributed by atoms with Crippen LogP contribution in [0, 0.1) is 6.92 Å². The maximum atomic E-state index is 12.2. The fourth-order valence-electron chi connectivity index (χ4n) is 1.99. The summed E-state index contributed by atoms with van der Waals surface area (Å²) in [6, 6.07) is 10.8. The molecule has 4 nitrogen and oxygen atoms in total. The molecule has 0 atom stereocenters. The minimum atomic E-state index is -0.170. The van der Waals surface area contributed by atoms with Crippen molar-refractivity contribution in [2.45, 2.75) is 6.92 Å². The Morgan fingerprint density at radius 1 is 1.29 bits per heavy atom. The van der Waals surface area contributed by atoms with Gasteiger partial charge < -0.3 is 11.1 Å². The molecule has 0 radical (unpaired) electrons. The quantitative estimate of drug-likeness (QED) is 0.672. The van der Waals surface area contributed by atoms with Gasteiger partial charge in [0, 0.05) is 21.4 Å². The third-order valence-corrected chi connectivity index (χ3v) is 4.64. The Hall–Kier alpha value is -1.92. The minimum absolute atomic E-state index is 0.170. The topological polar surface area (TPSA) is 68.0 Å². The van der Waals surface area contributed by atoms with E-state index in [0.717, 1.165) is 20.9 Å². The highest BCUT2D eigenvalue weighted by atomic mass is 79.9. The molecule has 2 aromatic carbocycles. The predicted molar refractivity (Wildman–Crippen MR) is 90.9 cm³/mol. The van der Waals surface area contributed by atoms with Gasteiger partial charge in [-0.15, -0.1) is 11.3 Å². The van der Waals surface area contributed by atoms with Gasteiger partial charge in [-0.25, -0.2) is 4.98 Å². The Morgan fingerprint density at radius 3 is 2.86 bits per heavy atom. The first-order chi connectivity index (χ1) is 10.0. The van der Waals surface area contributed by atoms with Crippen LogP contribution >= 0.6 is 27.3 Å². The fourth-order valence-corrected chi connectivity index (χ4v) is 3.23. The van der Waals surface area contributed by atoms with Crippen molar-refractivity contribution in [2.75, 3.05) is 11.1 Å². The zero-order valence-corrected chi connectivity index (χ0v) is 13.6. The molecular weight excluding hydrogens is 350 g/mol. The summed E-state index contributed by atoms with van der Waals surface area (Å²) < 4.78 is 1.77. The van der Waals surface area contributed by atoms with Crippen LogP contribution in [0.15, 0.2) is 40.9 Å². The van der Waals surface area contributed by atoms with Gasteiger partial charge >= 0.3 is 0 Å². The number of carbonyl (C=O) groups is 1. The molecule has 1 heterocycles. The number of halogens is 1. The van der Waals surface area contributed by atoms with Gasteiger partial charge in [-0.2, -0.15) is 0 Å². The SMILES string of the molecule is Cc1nc2ccc(NC(=O)c3ccc(N)c(Br)c3)cc2s1. The Labute approximate surface area is 134 Å². The van der Waals surface area contributed by atoms with E-state index in [4.69, 9.17) is 5.73 Å². The summed E-state index contributed by atoms with van der Waals surface area (Å²) in [5, 5.41) is 3.89. The second kappa shape index (κ2) is 5.46. The van der Waals surface area contributed by atoms with Gasteiger partial charge in [0.2, 0.25) is 0 Å². The summed E-state index contributed by atoms with van der Waals surface area (Å²) in [5.41, 5.74) is 8.58. The molecule has 3 N–H and O–H groups in total. The normalized spacial score (nSPS) is 10.8. The van der Waals surface area contributed by atoms with Crippen molar-refractivity contribution in [1.82, 2.24) is 4.98 Å². The molecule has 0 spiro atoms. The summed E-state index contributed by atoms with van der Waals surface area (Å²) >= 11 is 4.93. The highest BCUT2D eigenvalue weighted by Crippen LogP contribution is 2.25. The van der Waals surface area contributed by atoms with E-state index in [1.54, 1.807) is 29.5 Å². The van der Waals surface area contributed by atoms with Crippen molar-refractivity contribution in [3.8, 4) is 0 Å². The summed E-state index contributed by atoms with van der Waals surface area (Å²) in [4.78, 5) is 16.6. The lowest BCUT2D eigenvalue weighted by Crippen LogP contribution is -2.11. The average molecular weight is 362 g/mol. The van der Waals surface area contributed by atoms with E-state index in [-0.39, 0.29) is 5.91 Å². The van der Waals surface area contributed by atoms with Crippen molar-refractivity contribution in [1.29, 1.82) is 0 Å². The Morgan fingerprint density at radius 2 is 2.10 bits per heavy atom. The molecule has 1 amide bonds. The largest absolute Gasteiger partial charge is 0.398 e. The van der Waals surface area contributed by atoms with Crippen LogP contribution in [0.3, 0.4) is 0 Å². The smallest absolute Gasteiger partial charge is 0.255 e. The molecular formula is C15H12BrN3OS. The zero-order chi connectivity index (χ0) is 15.0. The lowest BCUT2D eigenvalue weighted by molar-refractivity contribution is 0.102. The number of carbonyl (C=O) groups excluding carboxylic acids is 1. The number of thiazole rings is 1. The molecule has 3 aromatic rings. The van der Waals surface area contributed by atoms with Crippen LogP contribution in [0.5, 0.6) is 0 Å². The number of hydrogen-bond acceptors (Lipinski definition) is 4. The van der Waals surface area contributed by atoms with Crippen LogP contribution in [-0.2, 0) is 0 Å². The Balaban J connectivity index is 1.86. The first-order valence-electron chi connectivity index (χ1n) is 6.26. The molecule has 3 rings (SSSR count). The van der Waals surface area contributed by atoms with E-state index in [0.29, 0.717) is 15.7 Å². The fraction of sp³-hybridized carbons (Fsp3) is 0.0667. The molecule has 0 saturated heterocycles. The van der Waals surface area contributed by atoms with Crippen LogP contribution in [0.4, 0.5) is 11.4 Å². The van der Waals surface area contributed by atoms with E-state index >= 15 is 0 Å². The van der Waals surface area contributed by atoms with Crippen molar-refractivity contribution in [3.05, 3.63) is 51.4 Å². The summed E-state index contributed by atoms with van der Waals surface area (Å²) in [7, 11) is 0. The van der Waals surface area contributed by atoms with Crippen LogP contribution in [0.1, 0.15) is 15.4 Å². The molecule has 0 aliphatic heterocycles. The van der Waals surface area contributed by atoms with E-state index in [9.17, 15) is 4.79 Å². The number of amides is 1. The van der Waals surface area contributed by atoms with Gasteiger partial charge in [-0.1, -0.05) is 0 Å². The molecule has 0 bridgehead atoms. The Kier molecular flexibility index (Phi) is 3.65. The first kappa shape index (κ1) is 14.0. The van der Waals surface area contributed by atoms with Gasteiger partial charge in [0.1, 0.15) is 0 Å². The van der Waals surface area contributed by atoms with Crippen LogP contribution < -0.4 is 11.1 Å². The van der Waals surface area contributed by atoms with Crippen molar-refractivity contribution in [2.24, 2.45) is 0 Å². The number of aromatic nitrogens is 1. The van der Waals surface area contributed by atoms with Gasteiger partial charge in [0.15, 0.2) is 0 Å². The molecule has 0 aliphatic rings. The van der Waals surface area contributed by atoms with Gasteiger partial charge in [0.05, 0.1) is 15.2 Å². The molecule has 0 aliphatic carbocycles. The summed E-state index contributed by atoms with van der Waals surface area (Å²) in [6.45, 7) is 1.97. The molecule has 0 unspecified atom stereocenters. The van der Waals surface area contributed by atoms with Crippen molar-refractivity contribution >= 4 is 54.8 Å². The monoisotopic (exact) mass is 361 g/mol. The number of nitrogens with zero attached hydrogens (tertiary/aromatic N) is 1. The number of nitrogens with two attached hydrogens (primary N) is 1. The molecule has 0 saturated carbocycles. The highest BCUT2D eigenvalue weighted by Gasteiger charge is 2.09. The molecule has 21 heavy (non-hydrogen) atoms. The number of fused-ring (bicyclic) bond motifs is 1. The van der Waals surface area contributed by atoms with Crippen molar-refractivity contribution < 1.29 is 4.79 Å². The number of benzene rings is 2. The second-order valence-electron chi connectivity index (χ2n) is 4.61. The average Bonchev–Trinajstić information content (AvgIpc) is 2.81. The lowest BCUT2D eigenvalue weighted by Gasteiger charge is -2.06. The lowest BCUT2D eigenvalue weighted by atomic mass is 10.2. The zero-order valence-electron chi connectivity index (χ0n) is 11.2. The number of hydrogen-bond donors (Lipinski definition) is 2. The molecule has 106 valence electrons. The highest BCUT2D eigenvalue weighted by molar-refractivity contribution is 9.10. The van der Waals surface area contributed by atoms with Gasteiger partial charge in [-0.3, -0.25) is 4.79 Å². The number of nitrogen functional groups attached to an aromatic ring is 1. The summed E-state index contributed by atoms with van der Waals surface area (Å²) in [5.74, 6) is -0.170. The molecule has 6 heteroatoms. The minimum Gasteiger partial charge on any atom is -0.398 e. The maximum Gasteiger partial charge on any atom is 0.255 e. The van der Waals surface area contributed by atoms with E-state index in [2.05, 4.69) is 26.2 Å². The second-order valence-corrected chi connectivity index (χ2v) is 6.69. The Bertz CT molecular complexity index is 844. The number of anilines is 2.